The van der Waals surface area contributed by atoms with E-state index in [1.807, 2.05) is 11.9 Å². The number of thioether (sulfide) groups is 1. The molecule has 8 heteroatoms. The molecule has 0 spiro atoms. The van der Waals surface area contributed by atoms with Gasteiger partial charge in [0.05, 0.1) is 17.7 Å². The van der Waals surface area contributed by atoms with Gasteiger partial charge in [-0.3, -0.25) is 14.5 Å². The number of hydrogen-bond acceptors (Lipinski definition) is 5. The number of H-pyrrole nitrogens is 1. The van der Waals surface area contributed by atoms with Crippen molar-refractivity contribution in [1.82, 2.24) is 24.7 Å². The summed E-state index contributed by atoms with van der Waals surface area (Å²) in [6.45, 7) is 2.31. The number of aromatic nitrogens is 2. The third-order valence-electron chi connectivity index (χ3n) is 3.99. The molecule has 1 atom stereocenters. The Bertz CT molecular complexity index is 521. The van der Waals surface area contributed by atoms with Crippen LogP contribution in [-0.4, -0.2) is 81.3 Å². The fourth-order valence-corrected chi connectivity index (χ4v) is 3.56. The fourth-order valence-electron chi connectivity index (χ4n) is 2.66. The molecular weight excluding hydrogens is 290 g/mol. The molecule has 2 fully saturated rings. The van der Waals surface area contributed by atoms with Gasteiger partial charge in [-0.05, 0) is 7.05 Å². The predicted molar refractivity (Wildman–Crippen MR) is 79.6 cm³/mol. The third-order valence-corrected chi connectivity index (χ3v) is 4.93. The summed E-state index contributed by atoms with van der Waals surface area (Å²) >= 11 is 1.56. The van der Waals surface area contributed by atoms with Gasteiger partial charge in [-0.25, -0.2) is 4.98 Å². The smallest absolute Gasteiger partial charge is 0.242 e. The number of carbonyl (C=O) groups excluding carboxylic acids is 2. The van der Waals surface area contributed by atoms with Gasteiger partial charge in [0, 0.05) is 32.0 Å². The topological polar surface area (TPSA) is 72.5 Å². The van der Waals surface area contributed by atoms with E-state index in [0.29, 0.717) is 24.7 Å². The Hall–Kier alpha value is -1.54. The van der Waals surface area contributed by atoms with E-state index in [1.54, 1.807) is 29.1 Å². The number of nitrogens with one attached hydrogen (secondary N) is 1. The molecule has 0 unspecified atom stereocenters. The Kier molecular flexibility index (Phi) is 4.16. The molecule has 0 radical (unpaired) electrons. The maximum absolute atomic E-state index is 12.4. The zero-order chi connectivity index (χ0) is 14.8. The van der Waals surface area contributed by atoms with E-state index in [2.05, 4.69) is 14.9 Å². The van der Waals surface area contributed by atoms with Crippen LogP contribution >= 0.6 is 11.8 Å². The van der Waals surface area contributed by atoms with Gasteiger partial charge in [0.2, 0.25) is 11.8 Å². The lowest BCUT2D eigenvalue weighted by atomic mass is 10.1. The van der Waals surface area contributed by atoms with Gasteiger partial charge in [-0.2, -0.15) is 0 Å². The number of imidazole rings is 1. The molecule has 2 aliphatic rings. The predicted octanol–water partition coefficient (Wildman–Crippen LogP) is -0.242. The minimum absolute atomic E-state index is 0.0236. The first-order chi connectivity index (χ1) is 10.1. The van der Waals surface area contributed by atoms with Gasteiger partial charge >= 0.3 is 0 Å². The van der Waals surface area contributed by atoms with Crippen LogP contribution in [0.1, 0.15) is 11.9 Å². The molecule has 3 rings (SSSR count). The maximum atomic E-state index is 12.4. The highest BCUT2D eigenvalue weighted by Gasteiger charge is 2.32. The van der Waals surface area contributed by atoms with Crippen LogP contribution in [0.5, 0.6) is 0 Å². The van der Waals surface area contributed by atoms with Crippen molar-refractivity contribution in [1.29, 1.82) is 0 Å². The Morgan fingerprint density at radius 3 is 3.05 bits per heavy atom. The lowest BCUT2D eigenvalue weighted by molar-refractivity contribution is -0.139. The molecule has 0 bridgehead atoms. The minimum Gasteiger partial charge on any atom is -0.347 e. The van der Waals surface area contributed by atoms with Gasteiger partial charge in [0.25, 0.3) is 0 Å². The Balaban J connectivity index is 1.63. The normalized spacial score (nSPS) is 23.9. The largest absolute Gasteiger partial charge is 0.347 e. The number of likely N-dealkylation sites (N-methyl/N-ethyl adjacent to an activating group) is 1. The number of amides is 2. The Morgan fingerprint density at radius 1 is 1.52 bits per heavy atom. The van der Waals surface area contributed by atoms with Crippen LogP contribution in [0.25, 0.3) is 0 Å². The molecular formula is C13H19N5O2S. The van der Waals surface area contributed by atoms with Crippen LogP contribution < -0.4 is 0 Å². The number of piperazine rings is 1. The molecule has 0 saturated carbocycles. The molecule has 1 N–H and O–H groups in total. The van der Waals surface area contributed by atoms with Crippen molar-refractivity contribution in [2.45, 2.75) is 6.04 Å². The SMILES string of the molecule is CN1CCN(C(=O)CN2CSCC2=O)C[C@@H]1c1ncc[nH]1. The van der Waals surface area contributed by atoms with Crippen LogP contribution in [0.3, 0.4) is 0 Å². The van der Waals surface area contributed by atoms with Crippen LogP contribution in [0.15, 0.2) is 12.4 Å². The maximum Gasteiger partial charge on any atom is 0.242 e. The molecule has 2 saturated heterocycles. The summed E-state index contributed by atoms with van der Waals surface area (Å²) in [6, 6.07) is 0.0846. The van der Waals surface area contributed by atoms with Crippen molar-refractivity contribution in [3.05, 3.63) is 18.2 Å². The van der Waals surface area contributed by atoms with Gasteiger partial charge in [0.1, 0.15) is 12.4 Å². The number of nitrogens with zero attached hydrogens (tertiary/aromatic N) is 4. The highest BCUT2D eigenvalue weighted by Crippen LogP contribution is 2.22. The minimum atomic E-state index is 0.0236. The highest BCUT2D eigenvalue weighted by atomic mass is 32.2. The molecule has 1 aromatic rings. The van der Waals surface area contributed by atoms with E-state index in [9.17, 15) is 9.59 Å². The number of aromatic amines is 1. The summed E-state index contributed by atoms with van der Waals surface area (Å²) in [4.78, 5) is 37.1. The zero-order valence-corrected chi connectivity index (χ0v) is 12.8. The first-order valence-electron chi connectivity index (χ1n) is 6.98. The second kappa shape index (κ2) is 6.07. The molecule has 21 heavy (non-hydrogen) atoms. The van der Waals surface area contributed by atoms with E-state index < -0.39 is 0 Å². The Morgan fingerprint density at radius 2 is 2.38 bits per heavy atom. The molecule has 7 nitrogen and oxygen atoms in total. The van der Waals surface area contributed by atoms with Crippen LogP contribution in [0.4, 0.5) is 0 Å². The number of hydrogen-bond donors (Lipinski definition) is 1. The first-order valence-corrected chi connectivity index (χ1v) is 8.13. The molecule has 0 aromatic carbocycles. The summed E-state index contributed by atoms with van der Waals surface area (Å²) in [7, 11) is 2.04. The van der Waals surface area contributed by atoms with Crippen molar-refractivity contribution in [2.24, 2.45) is 0 Å². The average Bonchev–Trinajstić information content (AvgIpc) is 3.12. The van der Waals surface area contributed by atoms with Crippen LogP contribution in [-0.2, 0) is 9.59 Å². The molecule has 3 heterocycles. The molecule has 2 aliphatic heterocycles. The van der Waals surface area contributed by atoms with Crippen LogP contribution in [0, 0.1) is 0 Å². The zero-order valence-electron chi connectivity index (χ0n) is 12.0. The van der Waals surface area contributed by atoms with Crippen molar-refractivity contribution in [2.75, 3.05) is 44.9 Å². The van der Waals surface area contributed by atoms with E-state index in [4.69, 9.17) is 0 Å². The van der Waals surface area contributed by atoms with E-state index >= 15 is 0 Å². The second-order valence-corrected chi connectivity index (χ2v) is 6.33. The summed E-state index contributed by atoms with van der Waals surface area (Å²) in [5.74, 6) is 2.08. The molecule has 0 aliphatic carbocycles. The number of rotatable bonds is 3. The monoisotopic (exact) mass is 309 g/mol. The summed E-state index contributed by atoms with van der Waals surface area (Å²) in [6.07, 6.45) is 3.52. The highest BCUT2D eigenvalue weighted by molar-refractivity contribution is 8.00. The standard InChI is InChI=1S/C13H19N5O2S/c1-16-4-5-17(6-10(16)13-14-2-3-15-13)11(19)7-18-9-21-8-12(18)20/h2-3,10H,4-9H2,1H3,(H,14,15)/t10-/m1/s1. The molecule has 114 valence electrons. The first kappa shape index (κ1) is 14.4. The lowest BCUT2D eigenvalue weighted by Crippen LogP contribution is -2.51. The van der Waals surface area contributed by atoms with Crippen molar-refractivity contribution >= 4 is 23.6 Å². The van der Waals surface area contributed by atoms with Crippen molar-refractivity contribution in [3.8, 4) is 0 Å². The van der Waals surface area contributed by atoms with Gasteiger partial charge in [-0.15, -0.1) is 11.8 Å². The quantitative estimate of drug-likeness (QED) is 0.834. The lowest BCUT2D eigenvalue weighted by Gasteiger charge is -2.38. The third kappa shape index (κ3) is 3.06. The van der Waals surface area contributed by atoms with Gasteiger partial charge in [-0.1, -0.05) is 0 Å². The second-order valence-electron chi connectivity index (χ2n) is 5.38. The Labute approximate surface area is 127 Å². The van der Waals surface area contributed by atoms with Crippen LogP contribution in [0.2, 0.25) is 0 Å². The molecule has 1 aromatic heterocycles. The van der Waals surface area contributed by atoms with Crippen molar-refractivity contribution < 1.29 is 9.59 Å². The number of carbonyl (C=O) groups is 2. The van der Waals surface area contributed by atoms with Crippen molar-refractivity contribution in [3.63, 3.8) is 0 Å². The molecule has 2 amide bonds. The van der Waals surface area contributed by atoms with E-state index in [1.165, 1.54) is 0 Å². The summed E-state index contributed by atoms with van der Waals surface area (Å²) in [5, 5.41) is 0. The van der Waals surface area contributed by atoms with Gasteiger partial charge < -0.3 is 14.8 Å². The summed E-state index contributed by atoms with van der Waals surface area (Å²) < 4.78 is 0. The van der Waals surface area contributed by atoms with Gasteiger partial charge in [0.15, 0.2) is 0 Å². The fraction of sp³-hybridized carbons (Fsp3) is 0.615. The van der Waals surface area contributed by atoms with E-state index in [0.717, 1.165) is 12.4 Å². The summed E-state index contributed by atoms with van der Waals surface area (Å²) in [5.41, 5.74) is 0. The van der Waals surface area contributed by atoms with E-state index in [-0.39, 0.29) is 24.4 Å². The average molecular weight is 309 g/mol.